The quantitative estimate of drug-likeness (QED) is 0.758. The molecule has 0 amide bonds. The average molecular weight is 298 g/mol. The Morgan fingerprint density at radius 3 is 2.30 bits per heavy atom. The Morgan fingerprint density at radius 2 is 1.75 bits per heavy atom. The number of halogens is 1. The van der Waals surface area contributed by atoms with Crippen LogP contribution in [0.15, 0.2) is 18.2 Å². The maximum Gasteiger partial charge on any atom is 0.0642 e. The smallest absolute Gasteiger partial charge is 0.0642 e. The molecule has 114 valence electrons. The van der Waals surface area contributed by atoms with Gasteiger partial charge in [-0.1, -0.05) is 37.6 Å². The monoisotopic (exact) mass is 297 g/mol. The Kier molecular flexibility index (Phi) is 7.97. The highest BCUT2D eigenvalue weighted by Gasteiger charge is 2.13. The van der Waals surface area contributed by atoms with Crippen LogP contribution < -0.4 is 10.6 Å². The van der Waals surface area contributed by atoms with Gasteiger partial charge in [-0.3, -0.25) is 0 Å². The van der Waals surface area contributed by atoms with Gasteiger partial charge in [-0.2, -0.15) is 0 Å². The molecule has 3 nitrogen and oxygen atoms in total. The Bertz CT molecular complexity index is 391. The van der Waals surface area contributed by atoms with E-state index >= 15 is 0 Å². The van der Waals surface area contributed by atoms with Crippen molar-refractivity contribution in [2.24, 2.45) is 5.73 Å². The molecule has 0 fully saturated rings. The summed E-state index contributed by atoms with van der Waals surface area (Å²) in [7, 11) is 0. The summed E-state index contributed by atoms with van der Waals surface area (Å²) in [6.07, 6.45) is 1.14. The van der Waals surface area contributed by atoms with Gasteiger partial charge in [0, 0.05) is 19.6 Å². The molecule has 0 atom stereocenters. The minimum Gasteiger partial charge on any atom is -0.370 e. The summed E-state index contributed by atoms with van der Waals surface area (Å²) >= 11 is 6.37. The fraction of sp³-hybridized carbons (Fsp3) is 0.625. The van der Waals surface area contributed by atoms with Crippen LogP contribution in [0.1, 0.15) is 32.8 Å². The third-order valence-electron chi connectivity index (χ3n) is 3.79. The lowest BCUT2D eigenvalue weighted by atomic mass is 10.1. The van der Waals surface area contributed by atoms with E-state index in [0.717, 1.165) is 55.4 Å². The van der Waals surface area contributed by atoms with Gasteiger partial charge in [0.25, 0.3) is 0 Å². The van der Waals surface area contributed by atoms with Gasteiger partial charge in [0.1, 0.15) is 0 Å². The van der Waals surface area contributed by atoms with Crippen molar-refractivity contribution in [3.05, 3.63) is 28.8 Å². The number of para-hydroxylation sites is 1. The molecule has 0 bridgehead atoms. The third-order valence-corrected chi connectivity index (χ3v) is 4.09. The number of benzene rings is 1. The summed E-state index contributed by atoms with van der Waals surface area (Å²) in [5.74, 6) is 0. The molecule has 0 aromatic heterocycles. The summed E-state index contributed by atoms with van der Waals surface area (Å²) in [6, 6.07) is 5.98. The summed E-state index contributed by atoms with van der Waals surface area (Å²) in [4.78, 5) is 4.79. The lowest BCUT2D eigenvalue weighted by Crippen LogP contribution is -2.30. The lowest BCUT2D eigenvalue weighted by Gasteiger charge is -2.28. The highest BCUT2D eigenvalue weighted by atomic mass is 35.5. The van der Waals surface area contributed by atoms with Crippen molar-refractivity contribution >= 4 is 17.3 Å². The molecule has 0 radical (unpaired) electrons. The molecule has 0 aliphatic carbocycles. The van der Waals surface area contributed by atoms with E-state index in [1.807, 2.05) is 12.1 Å². The van der Waals surface area contributed by atoms with Crippen LogP contribution >= 0.6 is 11.6 Å². The van der Waals surface area contributed by atoms with Gasteiger partial charge in [-0.05, 0) is 44.6 Å². The van der Waals surface area contributed by atoms with E-state index in [1.54, 1.807) is 0 Å². The Balaban J connectivity index is 2.71. The van der Waals surface area contributed by atoms with Crippen LogP contribution in [0.2, 0.25) is 5.02 Å². The highest BCUT2D eigenvalue weighted by Crippen LogP contribution is 2.29. The standard InChI is InChI=1S/C16H28ClN3/c1-4-19(5-2)11-8-12-20(6-3)16-14(13-18)9-7-10-15(16)17/h7,9-10H,4-6,8,11-13,18H2,1-3H3. The zero-order chi connectivity index (χ0) is 15.0. The molecule has 0 unspecified atom stereocenters. The van der Waals surface area contributed by atoms with Crippen LogP contribution in [0.3, 0.4) is 0 Å². The number of hydrogen-bond donors (Lipinski definition) is 1. The molecule has 4 heteroatoms. The zero-order valence-corrected chi connectivity index (χ0v) is 13.8. The van der Waals surface area contributed by atoms with Gasteiger partial charge < -0.3 is 15.5 Å². The van der Waals surface area contributed by atoms with Crippen molar-refractivity contribution in [1.82, 2.24) is 4.90 Å². The fourth-order valence-electron chi connectivity index (χ4n) is 2.53. The number of hydrogen-bond acceptors (Lipinski definition) is 3. The molecule has 1 aromatic carbocycles. The summed E-state index contributed by atoms with van der Waals surface area (Å²) in [6.45, 7) is 12.4. The lowest BCUT2D eigenvalue weighted by molar-refractivity contribution is 0.300. The van der Waals surface area contributed by atoms with Gasteiger partial charge in [-0.25, -0.2) is 0 Å². The Hall–Kier alpha value is -0.770. The topological polar surface area (TPSA) is 32.5 Å². The Labute approximate surface area is 128 Å². The average Bonchev–Trinajstić information content (AvgIpc) is 2.48. The molecule has 20 heavy (non-hydrogen) atoms. The minimum atomic E-state index is 0.530. The second-order valence-corrected chi connectivity index (χ2v) is 5.32. The molecule has 2 N–H and O–H groups in total. The van der Waals surface area contributed by atoms with Crippen molar-refractivity contribution < 1.29 is 0 Å². The number of nitrogens with zero attached hydrogens (tertiary/aromatic N) is 2. The molecule has 0 heterocycles. The summed E-state index contributed by atoms with van der Waals surface area (Å²) < 4.78 is 0. The molecule has 0 saturated heterocycles. The van der Waals surface area contributed by atoms with Gasteiger partial charge in [0.15, 0.2) is 0 Å². The second-order valence-electron chi connectivity index (χ2n) is 4.91. The van der Waals surface area contributed by atoms with Crippen LogP contribution in [0, 0.1) is 0 Å². The maximum atomic E-state index is 6.37. The third kappa shape index (κ3) is 4.65. The minimum absolute atomic E-state index is 0.530. The van der Waals surface area contributed by atoms with Crippen LogP contribution in [-0.2, 0) is 6.54 Å². The van der Waals surface area contributed by atoms with Crippen molar-refractivity contribution in [1.29, 1.82) is 0 Å². The van der Waals surface area contributed by atoms with Crippen molar-refractivity contribution in [2.75, 3.05) is 37.6 Å². The number of nitrogens with two attached hydrogens (primary N) is 1. The van der Waals surface area contributed by atoms with Gasteiger partial charge in [0.05, 0.1) is 10.7 Å². The fourth-order valence-corrected chi connectivity index (χ4v) is 2.85. The molecule has 1 aromatic rings. The maximum absolute atomic E-state index is 6.37. The molecular weight excluding hydrogens is 270 g/mol. The number of anilines is 1. The van der Waals surface area contributed by atoms with E-state index < -0.39 is 0 Å². The SMILES string of the molecule is CCN(CC)CCCN(CC)c1c(Cl)cccc1CN. The first-order valence-electron chi connectivity index (χ1n) is 7.62. The Morgan fingerprint density at radius 1 is 1.05 bits per heavy atom. The molecule has 0 saturated carbocycles. The van der Waals surface area contributed by atoms with E-state index in [4.69, 9.17) is 17.3 Å². The molecule has 0 aliphatic rings. The van der Waals surface area contributed by atoms with Crippen LogP contribution in [0.25, 0.3) is 0 Å². The molecular formula is C16H28ClN3. The molecule has 0 aliphatic heterocycles. The first-order valence-corrected chi connectivity index (χ1v) is 8.00. The predicted octanol–water partition coefficient (Wildman–Crippen LogP) is 3.36. The summed E-state index contributed by atoms with van der Waals surface area (Å²) in [5, 5.41) is 0.803. The van der Waals surface area contributed by atoms with Crippen LogP contribution in [-0.4, -0.2) is 37.6 Å². The predicted molar refractivity (Wildman–Crippen MR) is 89.6 cm³/mol. The van der Waals surface area contributed by atoms with Crippen molar-refractivity contribution in [2.45, 2.75) is 33.7 Å². The zero-order valence-electron chi connectivity index (χ0n) is 13.0. The largest absolute Gasteiger partial charge is 0.370 e. The normalized spacial score (nSPS) is 11.1. The second kappa shape index (κ2) is 9.22. The number of rotatable bonds is 9. The van der Waals surface area contributed by atoms with E-state index in [1.165, 1.54) is 0 Å². The van der Waals surface area contributed by atoms with E-state index in [9.17, 15) is 0 Å². The first-order chi connectivity index (χ1) is 9.67. The van der Waals surface area contributed by atoms with E-state index in [-0.39, 0.29) is 0 Å². The first kappa shape index (κ1) is 17.3. The van der Waals surface area contributed by atoms with Crippen molar-refractivity contribution in [3.63, 3.8) is 0 Å². The van der Waals surface area contributed by atoms with Crippen LogP contribution in [0.5, 0.6) is 0 Å². The van der Waals surface area contributed by atoms with Crippen molar-refractivity contribution in [3.8, 4) is 0 Å². The van der Waals surface area contributed by atoms with E-state index in [2.05, 4.69) is 36.6 Å². The highest BCUT2D eigenvalue weighted by molar-refractivity contribution is 6.33. The van der Waals surface area contributed by atoms with E-state index in [0.29, 0.717) is 6.54 Å². The van der Waals surface area contributed by atoms with Gasteiger partial charge in [-0.15, -0.1) is 0 Å². The summed E-state index contributed by atoms with van der Waals surface area (Å²) in [5.41, 5.74) is 8.08. The van der Waals surface area contributed by atoms with Crippen LogP contribution in [0.4, 0.5) is 5.69 Å². The van der Waals surface area contributed by atoms with Gasteiger partial charge in [0.2, 0.25) is 0 Å². The molecule has 1 rings (SSSR count). The van der Waals surface area contributed by atoms with Gasteiger partial charge >= 0.3 is 0 Å². The molecule has 0 spiro atoms.